The average molecular weight is 290 g/mol. The molecule has 0 atom stereocenters. The van der Waals surface area contributed by atoms with Gasteiger partial charge in [0.25, 0.3) is 0 Å². The van der Waals surface area contributed by atoms with Crippen LogP contribution in [0.1, 0.15) is 82.5 Å². The van der Waals surface area contributed by atoms with Gasteiger partial charge in [0, 0.05) is 30.5 Å². The van der Waals surface area contributed by atoms with Crippen molar-refractivity contribution >= 4 is 0 Å². The Morgan fingerprint density at radius 1 is 1.05 bits per heavy atom. The van der Waals surface area contributed by atoms with Gasteiger partial charge in [0.05, 0.1) is 6.61 Å². The lowest BCUT2D eigenvalue weighted by molar-refractivity contribution is 0.133. The molecule has 3 nitrogen and oxygen atoms in total. The van der Waals surface area contributed by atoms with E-state index in [0.29, 0.717) is 12.5 Å². The monoisotopic (exact) mass is 290 g/mol. The van der Waals surface area contributed by atoms with Gasteiger partial charge in [-0.05, 0) is 38.5 Å². The predicted molar refractivity (Wildman–Crippen MR) is 86.2 cm³/mol. The molecule has 1 aliphatic rings. The van der Waals surface area contributed by atoms with Gasteiger partial charge in [-0.3, -0.25) is 0 Å². The first kappa shape index (κ1) is 16.4. The van der Waals surface area contributed by atoms with Crippen molar-refractivity contribution in [2.24, 2.45) is 5.92 Å². The molecule has 1 fully saturated rings. The van der Waals surface area contributed by atoms with Crippen molar-refractivity contribution in [2.45, 2.75) is 77.7 Å². The van der Waals surface area contributed by atoms with E-state index in [1.54, 1.807) is 0 Å². The van der Waals surface area contributed by atoms with Crippen molar-refractivity contribution in [3.05, 3.63) is 23.8 Å². The molecule has 0 unspecified atom stereocenters. The Kier molecular flexibility index (Phi) is 7.14. The fraction of sp³-hybridized carbons (Fsp3) is 0.778. The number of ether oxygens (including phenoxy) is 1. The summed E-state index contributed by atoms with van der Waals surface area (Å²) in [4.78, 5) is 9.13. The third-order valence-electron chi connectivity index (χ3n) is 4.63. The average Bonchev–Trinajstić information content (AvgIpc) is 2.54. The summed E-state index contributed by atoms with van der Waals surface area (Å²) in [6, 6.07) is 0. The van der Waals surface area contributed by atoms with E-state index >= 15 is 0 Å². The lowest BCUT2D eigenvalue weighted by Gasteiger charge is -2.27. The van der Waals surface area contributed by atoms with Crippen LogP contribution in [0.4, 0.5) is 0 Å². The second kappa shape index (κ2) is 9.14. The Morgan fingerprint density at radius 3 is 2.38 bits per heavy atom. The highest BCUT2D eigenvalue weighted by molar-refractivity contribution is 5.07. The summed E-state index contributed by atoms with van der Waals surface area (Å²) in [6.07, 6.45) is 14.7. The Balaban J connectivity index is 1.76. The zero-order valence-electron chi connectivity index (χ0n) is 13.7. The highest BCUT2D eigenvalue weighted by Crippen LogP contribution is 2.36. The van der Waals surface area contributed by atoms with E-state index in [4.69, 9.17) is 4.74 Å². The Morgan fingerprint density at radius 2 is 1.76 bits per heavy atom. The maximum atomic E-state index is 5.39. The molecule has 21 heavy (non-hydrogen) atoms. The largest absolute Gasteiger partial charge is 0.377 e. The topological polar surface area (TPSA) is 35.0 Å². The number of rotatable bonds is 8. The van der Waals surface area contributed by atoms with Crippen LogP contribution in [0, 0.1) is 5.92 Å². The SMILES string of the molecule is CCCCC[C@H]1CC[C@H](c2ncc(COCC)cn2)CC1. The predicted octanol–water partition coefficient (Wildman–Crippen LogP) is 4.87. The van der Waals surface area contributed by atoms with Crippen molar-refractivity contribution in [1.82, 2.24) is 9.97 Å². The number of hydrogen-bond acceptors (Lipinski definition) is 3. The molecule has 0 radical (unpaired) electrons. The van der Waals surface area contributed by atoms with Gasteiger partial charge < -0.3 is 4.74 Å². The van der Waals surface area contributed by atoms with E-state index < -0.39 is 0 Å². The molecule has 0 bridgehead atoms. The van der Waals surface area contributed by atoms with E-state index in [0.717, 1.165) is 23.9 Å². The van der Waals surface area contributed by atoms with Crippen LogP contribution in [-0.2, 0) is 11.3 Å². The van der Waals surface area contributed by atoms with Crippen molar-refractivity contribution in [3.8, 4) is 0 Å². The molecule has 3 heteroatoms. The van der Waals surface area contributed by atoms with Crippen molar-refractivity contribution in [3.63, 3.8) is 0 Å². The molecule has 1 aromatic heterocycles. The van der Waals surface area contributed by atoms with Crippen LogP contribution in [0.25, 0.3) is 0 Å². The zero-order chi connectivity index (χ0) is 14.9. The first-order chi connectivity index (χ1) is 10.3. The summed E-state index contributed by atoms with van der Waals surface area (Å²) >= 11 is 0. The summed E-state index contributed by atoms with van der Waals surface area (Å²) in [5, 5.41) is 0. The van der Waals surface area contributed by atoms with Gasteiger partial charge in [-0.2, -0.15) is 0 Å². The zero-order valence-corrected chi connectivity index (χ0v) is 13.7. The van der Waals surface area contributed by atoms with Gasteiger partial charge in [0.2, 0.25) is 0 Å². The summed E-state index contributed by atoms with van der Waals surface area (Å²) in [7, 11) is 0. The second-order valence-electron chi connectivity index (χ2n) is 6.30. The van der Waals surface area contributed by atoms with Crippen LogP contribution >= 0.6 is 0 Å². The molecule has 2 rings (SSSR count). The normalized spacial score (nSPS) is 22.4. The quantitative estimate of drug-likeness (QED) is 0.641. The molecule has 1 aliphatic carbocycles. The Hall–Kier alpha value is -0.960. The van der Waals surface area contributed by atoms with Crippen LogP contribution < -0.4 is 0 Å². The number of nitrogens with zero attached hydrogens (tertiary/aromatic N) is 2. The molecule has 0 amide bonds. The van der Waals surface area contributed by atoms with Gasteiger partial charge in [0.15, 0.2) is 0 Å². The first-order valence-electron chi connectivity index (χ1n) is 8.72. The van der Waals surface area contributed by atoms with Crippen molar-refractivity contribution in [1.29, 1.82) is 0 Å². The molecule has 1 heterocycles. The molecule has 0 aliphatic heterocycles. The van der Waals surface area contributed by atoms with Crippen LogP contribution in [-0.4, -0.2) is 16.6 Å². The number of unbranched alkanes of at least 4 members (excludes halogenated alkanes) is 2. The summed E-state index contributed by atoms with van der Waals surface area (Å²) in [5.41, 5.74) is 1.08. The van der Waals surface area contributed by atoms with Crippen LogP contribution in [0.3, 0.4) is 0 Å². The second-order valence-corrected chi connectivity index (χ2v) is 6.30. The van der Waals surface area contributed by atoms with Gasteiger partial charge in [-0.1, -0.05) is 32.6 Å². The lowest BCUT2D eigenvalue weighted by atomic mass is 9.79. The van der Waals surface area contributed by atoms with Crippen LogP contribution in [0.5, 0.6) is 0 Å². The molecular formula is C18H30N2O. The minimum absolute atomic E-state index is 0.577. The van der Waals surface area contributed by atoms with E-state index in [1.165, 1.54) is 51.4 Å². The van der Waals surface area contributed by atoms with Crippen molar-refractivity contribution < 1.29 is 4.74 Å². The lowest BCUT2D eigenvalue weighted by Crippen LogP contribution is -2.15. The highest BCUT2D eigenvalue weighted by atomic mass is 16.5. The fourth-order valence-electron chi connectivity index (χ4n) is 3.26. The first-order valence-corrected chi connectivity index (χ1v) is 8.72. The minimum atomic E-state index is 0.577. The van der Waals surface area contributed by atoms with E-state index in [1.807, 2.05) is 19.3 Å². The third-order valence-corrected chi connectivity index (χ3v) is 4.63. The molecule has 0 aromatic carbocycles. The Labute approximate surface area is 129 Å². The number of aromatic nitrogens is 2. The molecule has 1 aromatic rings. The fourth-order valence-corrected chi connectivity index (χ4v) is 3.26. The molecule has 0 spiro atoms. The van der Waals surface area contributed by atoms with Gasteiger partial charge >= 0.3 is 0 Å². The molecule has 118 valence electrons. The number of hydrogen-bond donors (Lipinski definition) is 0. The van der Waals surface area contributed by atoms with E-state index in [-0.39, 0.29) is 0 Å². The molecule has 0 saturated heterocycles. The molecule has 1 saturated carbocycles. The van der Waals surface area contributed by atoms with Crippen LogP contribution in [0.15, 0.2) is 12.4 Å². The third kappa shape index (κ3) is 5.39. The Bertz CT molecular complexity index is 383. The molecular weight excluding hydrogens is 260 g/mol. The van der Waals surface area contributed by atoms with E-state index in [9.17, 15) is 0 Å². The molecule has 0 N–H and O–H groups in total. The smallest absolute Gasteiger partial charge is 0.131 e. The van der Waals surface area contributed by atoms with Crippen molar-refractivity contribution in [2.75, 3.05) is 6.61 Å². The van der Waals surface area contributed by atoms with Gasteiger partial charge in [0.1, 0.15) is 5.82 Å². The highest BCUT2D eigenvalue weighted by Gasteiger charge is 2.23. The minimum Gasteiger partial charge on any atom is -0.377 e. The summed E-state index contributed by atoms with van der Waals surface area (Å²) < 4.78 is 5.39. The van der Waals surface area contributed by atoms with Gasteiger partial charge in [-0.15, -0.1) is 0 Å². The standard InChI is InChI=1S/C18H30N2O/c1-3-5-6-7-15-8-10-17(11-9-15)18-19-12-16(13-20-18)14-21-4-2/h12-13,15,17H,3-11,14H2,1-2H3/t15-,17-. The maximum absolute atomic E-state index is 5.39. The maximum Gasteiger partial charge on any atom is 0.131 e. The summed E-state index contributed by atoms with van der Waals surface area (Å²) in [6.45, 7) is 5.66. The van der Waals surface area contributed by atoms with Gasteiger partial charge in [-0.25, -0.2) is 9.97 Å². The van der Waals surface area contributed by atoms with Crippen LogP contribution in [0.2, 0.25) is 0 Å². The van der Waals surface area contributed by atoms with E-state index in [2.05, 4.69) is 16.9 Å². The summed E-state index contributed by atoms with van der Waals surface area (Å²) in [5.74, 6) is 2.57.